The second-order valence-corrected chi connectivity index (χ2v) is 11.2. The van der Waals surface area contributed by atoms with Crippen LogP contribution in [0.5, 0.6) is 0 Å². The van der Waals surface area contributed by atoms with Gasteiger partial charge in [0.05, 0.1) is 5.52 Å². The SMILES string of the molecule is C[C@H](CCc1ccccc1)C(=O)N1C[C@@H](NC(=O)CCc2ccccc2)C[C@H]1C(=O)NCc1ccc2c(c1)nnn2C. The van der Waals surface area contributed by atoms with Gasteiger partial charge in [0.2, 0.25) is 17.7 Å². The summed E-state index contributed by atoms with van der Waals surface area (Å²) < 4.78 is 1.70. The van der Waals surface area contributed by atoms with Gasteiger partial charge in [-0.1, -0.05) is 78.9 Å². The minimum absolute atomic E-state index is 0.0619. The fourth-order valence-electron chi connectivity index (χ4n) is 5.57. The molecule has 4 aromatic rings. The van der Waals surface area contributed by atoms with Crippen molar-refractivity contribution < 1.29 is 14.4 Å². The van der Waals surface area contributed by atoms with Gasteiger partial charge in [0.15, 0.2) is 0 Å². The lowest BCUT2D eigenvalue weighted by Crippen LogP contribution is -2.47. The van der Waals surface area contributed by atoms with Crippen molar-refractivity contribution in [2.75, 3.05) is 6.54 Å². The summed E-state index contributed by atoms with van der Waals surface area (Å²) in [4.78, 5) is 41.6. The van der Waals surface area contributed by atoms with E-state index in [-0.39, 0.29) is 29.7 Å². The number of hydrogen-bond acceptors (Lipinski definition) is 5. The van der Waals surface area contributed by atoms with E-state index in [4.69, 9.17) is 0 Å². The van der Waals surface area contributed by atoms with Crippen molar-refractivity contribution in [3.05, 3.63) is 95.6 Å². The van der Waals surface area contributed by atoms with Crippen molar-refractivity contribution in [2.24, 2.45) is 13.0 Å². The van der Waals surface area contributed by atoms with Crippen molar-refractivity contribution in [1.82, 2.24) is 30.5 Å². The molecule has 1 fully saturated rings. The molecule has 0 aliphatic carbocycles. The maximum Gasteiger partial charge on any atom is 0.243 e. The molecule has 2 N–H and O–H groups in total. The van der Waals surface area contributed by atoms with Crippen molar-refractivity contribution in [1.29, 1.82) is 0 Å². The smallest absolute Gasteiger partial charge is 0.243 e. The lowest BCUT2D eigenvalue weighted by atomic mass is 9.99. The molecule has 1 aromatic heterocycles. The Kier molecular flexibility index (Phi) is 9.26. The Morgan fingerprint density at radius 3 is 2.33 bits per heavy atom. The van der Waals surface area contributed by atoms with Gasteiger partial charge < -0.3 is 15.5 Å². The van der Waals surface area contributed by atoms with E-state index in [1.165, 1.54) is 5.56 Å². The van der Waals surface area contributed by atoms with Crippen molar-refractivity contribution in [3.63, 3.8) is 0 Å². The van der Waals surface area contributed by atoms with E-state index in [9.17, 15) is 14.4 Å². The van der Waals surface area contributed by atoms with Crippen LogP contribution in [0.2, 0.25) is 0 Å². The highest BCUT2D eigenvalue weighted by Gasteiger charge is 2.41. The van der Waals surface area contributed by atoms with Crippen LogP contribution in [0.25, 0.3) is 11.0 Å². The predicted octanol–water partition coefficient (Wildman–Crippen LogP) is 3.57. The number of carbonyl (C=O) groups excluding carboxylic acids is 3. The molecule has 0 radical (unpaired) electrons. The summed E-state index contributed by atoms with van der Waals surface area (Å²) in [5, 5.41) is 14.3. The van der Waals surface area contributed by atoms with Crippen LogP contribution in [0, 0.1) is 5.92 Å². The maximum atomic E-state index is 13.7. The molecule has 1 aliphatic heterocycles. The van der Waals surface area contributed by atoms with E-state index in [1.54, 1.807) is 9.58 Å². The molecule has 2 heterocycles. The molecule has 3 atom stereocenters. The van der Waals surface area contributed by atoms with Crippen LogP contribution < -0.4 is 10.6 Å². The first-order chi connectivity index (χ1) is 20.4. The van der Waals surface area contributed by atoms with Gasteiger partial charge in [-0.05, 0) is 54.5 Å². The van der Waals surface area contributed by atoms with Crippen LogP contribution in [0.1, 0.15) is 42.9 Å². The first kappa shape index (κ1) is 29.0. The minimum Gasteiger partial charge on any atom is -0.351 e. The molecular formula is C33H38N6O3. The molecule has 1 aliphatic rings. The number of aryl methyl sites for hydroxylation is 3. The molecule has 5 rings (SSSR count). The van der Waals surface area contributed by atoms with E-state index in [0.717, 1.165) is 28.6 Å². The number of carbonyl (C=O) groups is 3. The van der Waals surface area contributed by atoms with Crippen LogP contribution in [0.3, 0.4) is 0 Å². The number of amides is 3. The summed E-state index contributed by atoms with van der Waals surface area (Å²) >= 11 is 0. The molecule has 9 nitrogen and oxygen atoms in total. The predicted molar refractivity (Wildman–Crippen MR) is 161 cm³/mol. The number of rotatable bonds is 11. The summed E-state index contributed by atoms with van der Waals surface area (Å²) in [7, 11) is 1.83. The highest BCUT2D eigenvalue weighted by atomic mass is 16.2. The zero-order valence-corrected chi connectivity index (χ0v) is 24.2. The van der Waals surface area contributed by atoms with E-state index < -0.39 is 6.04 Å². The Labute approximate surface area is 246 Å². The Bertz CT molecular complexity index is 1520. The maximum absolute atomic E-state index is 13.7. The topological polar surface area (TPSA) is 109 Å². The molecule has 9 heteroatoms. The third-order valence-corrected chi connectivity index (χ3v) is 8.01. The first-order valence-electron chi connectivity index (χ1n) is 14.6. The summed E-state index contributed by atoms with van der Waals surface area (Å²) in [6.07, 6.45) is 2.83. The second kappa shape index (κ2) is 13.4. The standard InChI is InChI=1S/C33H38N6O3/c1-23(13-14-24-9-5-3-6-10-24)33(42)39-22-27(35-31(40)18-16-25-11-7-4-8-12-25)20-30(39)32(41)34-21-26-15-17-29-28(19-26)36-37-38(29)2/h3-12,15,17,19,23,27,30H,13-14,16,18,20-22H2,1-2H3,(H,34,41)(H,35,40)/t23-,27+,30+/m1/s1. The number of nitrogens with one attached hydrogen (secondary N) is 2. The van der Waals surface area contributed by atoms with E-state index >= 15 is 0 Å². The Morgan fingerprint density at radius 1 is 0.929 bits per heavy atom. The highest BCUT2D eigenvalue weighted by molar-refractivity contribution is 5.89. The molecule has 0 unspecified atom stereocenters. The zero-order valence-electron chi connectivity index (χ0n) is 24.2. The lowest BCUT2D eigenvalue weighted by Gasteiger charge is -2.27. The lowest BCUT2D eigenvalue weighted by molar-refractivity contribution is -0.141. The molecular weight excluding hydrogens is 528 g/mol. The number of fused-ring (bicyclic) bond motifs is 1. The Hall–Kier alpha value is -4.53. The molecule has 42 heavy (non-hydrogen) atoms. The second-order valence-electron chi connectivity index (χ2n) is 11.2. The van der Waals surface area contributed by atoms with E-state index in [1.807, 2.05) is 80.7 Å². The van der Waals surface area contributed by atoms with Gasteiger partial charge >= 0.3 is 0 Å². The largest absolute Gasteiger partial charge is 0.351 e. The molecule has 1 saturated heterocycles. The van der Waals surface area contributed by atoms with Gasteiger partial charge in [0.1, 0.15) is 11.6 Å². The number of nitrogens with zero attached hydrogens (tertiary/aromatic N) is 4. The van der Waals surface area contributed by atoms with Gasteiger partial charge in [-0.2, -0.15) is 0 Å². The van der Waals surface area contributed by atoms with Crippen LogP contribution >= 0.6 is 0 Å². The van der Waals surface area contributed by atoms with Gasteiger partial charge in [-0.3, -0.25) is 14.4 Å². The molecule has 3 aromatic carbocycles. The summed E-state index contributed by atoms with van der Waals surface area (Å²) in [5.41, 5.74) is 4.84. The zero-order chi connectivity index (χ0) is 29.5. The number of benzene rings is 3. The summed E-state index contributed by atoms with van der Waals surface area (Å²) in [5.74, 6) is -0.620. The fourth-order valence-corrected chi connectivity index (χ4v) is 5.57. The van der Waals surface area contributed by atoms with Gasteiger partial charge in [-0.25, -0.2) is 4.68 Å². The first-order valence-corrected chi connectivity index (χ1v) is 14.6. The number of aromatic nitrogens is 3. The third-order valence-electron chi connectivity index (χ3n) is 8.01. The molecule has 0 bridgehead atoms. The average Bonchev–Trinajstić information content (AvgIpc) is 3.61. The van der Waals surface area contributed by atoms with Gasteiger partial charge in [0.25, 0.3) is 0 Å². The van der Waals surface area contributed by atoms with Crippen molar-refractivity contribution in [2.45, 2.75) is 57.7 Å². The number of likely N-dealkylation sites (tertiary alicyclic amines) is 1. The monoisotopic (exact) mass is 566 g/mol. The number of hydrogen-bond donors (Lipinski definition) is 2. The minimum atomic E-state index is -0.656. The molecule has 218 valence electrons. The summed E-state index contributed by atoms with van der Waals surface area (Å²) in [6.45, 7) is 2.54. The van der Waals surface area contributed by atoms with Crippen LogP contribution in [0.15, 0.2) is 78.9 Å². The van der Waals surface area contributed by atoms with Gasteiger partial charge in [0, 0.05) is 38.5 Å². The van der Waals surface area contributed by atoms with Crippen molar-refractivity contribution in [3.8, 4) is 0 Å². The fraction of sp³-hybridized carbons (Fsp3) is 0.364. The summed E-state index contributed by atoms with van der Waals surface area (Å²) in [6, 6.07) is 24.8. The third kappa shape index (κ3) is 7.21. The Morgan fingerprint density at radius 2 is 1.62 bits per heavy atom. The van der Waals surface area contributed by atoms with E-state index in [0.29, 0.717) is 38.8 Å². The van der Waals surface area contributed by atoms with Crippen LogP contribution in [-0.4, -0.2) is 56.2 Å². The molecule has 3 amide bonds. The quantitative estimate of drug-likeness (QED) is 0.289. The van der Waals surface area contributed by atoms with E-state index in [2.05, 4.69) is 33.1 Å². The average molecular weight is 567 g/mol. The van der Waals surface area contributed by atoms with Gasteiger partial charge in [-0.15, -0.1) is 5.10 Å². The molecule has 0 saturated carbocycles. The Balaban J connectivity index is 1.23. The normalized spacial score (nSPS) is 17.2. The highest BCUT2D eigenvalue weighted by Crippen LogP contribution is 2.23. The van der Waals surface area contributed by atoms with Crippen LogP contribution in [-0.2, 0) is 40.8 Å². The van der Waals surface area contributed by atoms with Crippen molar-refractivity contribution >= 4 is 28.8 Å². The van der Waals surface area contributed by atoms with Crippen LogP contribution in [0.4, 0.5) is 0 Å². The molecule has 0 spiro atoms.